The van der Waals surface area contributed by atoms with E-state index < -0.39 is 0 Å². The van der Waals surface area contributed by atoms with Crippen LogP contribution in [0.3, 0.4) is 0 Å². The van der Waals surface area contributed by atoms with Crippen LogP contribution in [0, 0.1) is 6.92 Å². The molecule has 7 nitrogen and oxygen atoms in total. The summed E-state index contributed by atoms with van der Waals surface area (Å²) in [6.45, 7) is 6.73. The highest BCUT2D eigenvalue weighted by atomic mass is 16.2. The zero-order valence-electron chi connectivity index (χ0n) is 13.5. The maximum Gasteiger partial charge on any atom is 0.272 e. The Balaban J connectivity index is 1.83. The summed E-state index contributed by atoms with van der Waals surface area (Å²) < 4.78 is 3.50. The van der Waals surface area contributed by atoms with Crippen molar-refractivity contribution in [2.45, 2.75) is 39.8 Å². The van der Waals surface area contributed by atoms with Gasteiger partial charge in [0.2, 0.25) is 0 Å². The van der Waals surface area contributed by atoms with Gasteiger partial charge in [-0.1, -0.05) is 6.92 Å². The minimum Gasteiger partial charge on any atom is -0.341 e. The highest BCUT2D eigenvalue weighted by Gasteiger charge is 2.20. The van der Waals surface area contributed by atoms with E-state index >= 15 is 0 Å². The van der Waals surface area contributed by atoms with Gasteiger partial charge in [-0.25, -0.2) is 14.2 Å². The van der Waals surface area contributed by atoms with Gasteiger partial charge < -0.3 is 5.32 Å². The fraction of sp³-hybridized carbons (Fsp3) is 0.375. The van der Waals surface area contributed by atoms with Crippen molar-refractivity contribution in [3.8, 4) is 0 Å². The molecular formula is C16H20N6O. The summed E-state index contributed by atoms with van der Waals surface area (Å²) >= 11 is 0. The smallest absolute Gasteiger partial charge is 0.272 e. The first kappa shape index (κ1) is 15.2. The summed E-state index contributed by atoms with van der Waals surface area (Å²) in [6.07, 6.45) is 4.10. The summed E-state index contributed by atoms with van der Waals surface area (Å²) in [6, 6.07) is 5.56. The minimum atomic E-state index is -0.205. The van der Waals surface area contributed by atoms with Gasteiger partial charge in [-0.2, -0.15) is 10.2 Å². The number of hydrogen-bond donors (Lipinski definition) is 1. The molecule has 0 aliphatic carbocycles. The van der Waals surface area contributed by atoms with Gasteiger partial charge in [0.1, 0.15) is 12.2 Å². The lowest BCUT2D eigenvalue weighted by Gasteiger charge is -2.16. The van der Waals surface area contributed by atoms with Crippen LogP contribution >= 0.6 is 0 Å². The van der Waals surface area contributed by atoms with Crippen LogP contribution in [0.1, 0.15) is 48.2 Å². The van der Waals surface area contributed by atoms with Crippen molar-refractivity contribution in [1.29, 1.82) is 0 Å². The van der Waals surface area contributed by atoms with E-state index in [1.54, 1.807) is 15.3 Å². The van der Waals surface area contributed by atoms with Gasteiger partial charge in [-0.05, 0) is 44.0 Å². The molecular weight excluding hydrogens is 292 g/mol. The Labute approximate surface area is 134 Å². The number of fused-ring (bicyclic) bond motifs is 1. The van der Waals surface area contributed by atoms with E-state index in [1.165, 1.54) is 6.33 Å². The summed E-state index contributed by atoms with van der Waals surface area (Å²) in [5.74, 6) is 0.562. The van der Waals surface area contributed by atoms with Crippen LogP contribution in [0.2, 0.25) is 0 Å². The van der Waals surface area contributed by atoms with Crippen molar-refractivity contribution < 1.29 is 4.79 Å². The SMILES string of the molecule is CCC(NC(=O)c1cc2cc(C)ccn2n1)c1ncnn1CC. The highest BCUT2D eigenvalue weighted by Crippen LogP contribution is 2.15. The third-order valence-corrected chi connectivity index (χ3v) is 3.82. The monoisotopic (exact) mass is 312 g/mol. The van der Waals surface area contributed by atoms with Crippen LogP contribution in [0.15, 0.2) is 30.7 Å². The zero-order chi connectivity index (χ0) is 16.4. The largest absolute Gasteiger partial charge is 0.341 e. The highest BCUT2D eigenvalue weighted by molar-refractivity contribution is 5.93. The molecule has 0 radical (unpaired) electrons. The van der Waals surface area contributed by atoms with Gasteiger partial charge >= 0.3 is 0 Å². The maximum absolute atomic E-state index is 12.5. The Hall–Kier alpha value is -2.70. The number of amides is 1. The Morgan fingerprint density at radius 2 is 2.17 bits per heavy atom. The van der Waals surface area contributed by atoms with Crippen LogP contribution < -0.4 is 5.32 Å². The zero-order valence-corrected chi connectivity index (χ0v) is 13.5. The third kappa shape index (κ3) is 2.94. The molecule has 3 aromatic rings. The predicted octanol–water partition coefficient (Wildman–Crippen LogP) is 2.14. The minimum absolute atomic E-state index is 0.184. The Bertz CT molecular complexity index is 834. The van der Waals surface area contributed by atoms with E-state index in [4.69, 9.17) is 0 Å². The Morgan fingerprint density at radius 1 is 1.35 bits per heavy atom. The Kier molecular flexibility index (Phi) is 4.10. The third-order valence-electron chi connectivity index (χ3n) is 3.82. The summed E-state index contributed by atoms with van der Waals surface area (Å²) in [7, 11) is 0. The number of aromatic nitrogens is 5. The standard InChI is InChI=1S/C16H20N6O/c1-4-13(15-17-10-18-21(15)5-2)19-16(23)14-9-12-8-11(3)6-7-22(12)20-14/h6-10,13H,4-5H2,1-3H3,(H,19,23). The van der Waals surface area contributed by atoms with Gasteiger partial charge in [-0.3, -0.25) is 4.79 Å². The molecule has 0 aliphatic heterocycles. The fourth-order valence-electron chi connectivity index (χ4n) is 2.58. The molecule has 23 heavy (non-hydrogen) atoms. The van der Waals surface area contributed by atoms with E-state index in [1.807, 2.05) is 39.1 Å². The number of aryl methyl sites for hydroxylation is 2. The van der Waals surface area contributed by atoms with Gasteiger partial charge in [0.15, 0.2) is 5.69 Å². The quantitative estimate of drug-likeness (QED) is 0.783. The molecule has 1 atom stereocenters. The second-order valence-corrected chi connectivity index (χ2v) is 5.47. The molecule has 0 spiro atoms. The number of nitrogens with zero attached hydrogens (tertiary/aromatic N) is 5. The Morgan fingerprint density at radius 3 is 2.91 bits per heavy atom. The second-order valence-electron chi connectivity index (χ2n) is 5.47. The first-order valence-electron chi connectivity index (χ1n) is 7.77. The molecule has 0 aromatic carbocycles. The normalized spacial score (nSPS) is 12.5. The van der Waals surface area contributed by atoms with E-state index in [9.17, 15) is 4.79 Å². The van der Waals surface area contributed by atoms with E-state index in [0.717, 1.165) is 29.9 Å². The molecule has 1 unspecified atom stereocenters. The molecule has 1 amide bonds. The molecule has 120 valence electrons. The van der Waals surface area contributed by atoms with Crippen molar-refractivity contribution >= 4 is 11.4 Å². The molecule has 0 bridgehead atoms. The lowest BCUT2D eigenvalue weighted by atomic mass is 10.2. The van der Waals surface area contributed by atoms with E-state index in [2.05, 4.69) is 20.5 Å². The molecule has 3 rings (SSSR count). The number of carbonyl (C=O) groups excluding carboxylic acids is 1. The van der Waals surface area contributed by atoms with E-state index in [-0.39, 0.29) is 11.9 Å². The van der Waals surface area contributed by atoms with Gasteiger partial charge in [0, 0.05) is 12.7 Å². The number of nitrogens with one attached hydrogen (secondary N) is 1. The molecule has 7 heteroatoms. The summed E-state index contributed by atoms with van der Waals surface area (Å²) in [5.41, 5.74) is 2.43. The lowest BCUT2D eigenvalue weighted by Crippen LogP contribution is -2.30. The topological polar surface area (TPSA) is 77.1 Å². The van der Waals surface area contributed by atoms with Crippen LogP contribution in [0.5, 0.6) is 0 Å². The molecule has 1 N–H and O–H groups in total. The van der Waals surface area contributed by atoms with Gasteiger partial charge in [-0.15, -0.1) is 0 Å². The van der Waals surface area contributed by atoms with Crippen molar-refractivity contribution in [2.24, 2.45) is 0 Å². The fourth-order valence-corrected chi connectivity index (χ4v) is 2.58. The van der Waals surface area contributed by atoms with Crippen LogP contribution in [0.25, 0.3) is 5.52 Å². The number of rotatable bonds is 5. The summed E-state index contributed by atoms with van der Waals surface area (Å²) in [4.78, 5) is 16.8. The van der Waals surface area contributed by atoms with Crippen molar-refractivity contribution in [3.63, 3.8) is 0 Å². The second kappa shape index (κ2) is 6.20. The van der Waals surface area contributed by atoms with Crippen molar-refractivity contribution in [1.82, 2.24) is 29.7 Å². The lowest BCUT2D eigenvalue weighted by molar-refractivity contribution is 0.0927. The van der Waals surface area contributed by atoms with E-state index in [0.29, 0.717) is 5.69 Å². The average molecular weight is 312 g/mol. The molecule has 0 aliphatic rings. The molecule has 0 saturated heterocycles. The van der Waals surface area contributed by atoms with Gasteiger partial charge in [0.25, 0.3) is 5.91 Å². The predicted molar refractivity (Wildman–Crippen MR) is 86.1 cm³/mol. The maximum atomic E-state index is 12.5. The van der Waals surface area contributed by atoms with Gasteiger partial charge in [0.05, 0.1) is 11.6 Å². The van der Waals surface area contributed by atoms with Crippen molar-refractivity contribution in [2.75, 3.05) is 0 Å². The first-order valence-corrected chi connectivity index (χ1v) is 7.77. The number of pyridine rings is 1. The first-order chi connectivity index (χ1) is 11.1. The van der Waals surface area contributed by atoms with Crippen LogP contribution in [0.4, 0.5) is 0 Å². The molecule has 0 saturated carbocycles. The average Bonchev–Trinajstić information content (AvgIpc) is 3.18. The molecule has 0 fully saturated rings. The number of hydrogen-bond acceptors (Lipinski definition) is 4. The van der Waals surface area contributed by atoms with Crippen molar-refractivity contribution in [3.05, 3.63) is 47.8 Å². The summed E-state index contributed by atoms with van der Waals surface area (Å²) in [5, 5.41) is 11.5. The molecule has 3 aromatic heterocycles. The molecule has 3 heterocycles. The number of carbonyl (C=O) groups is 1. The van der Waals surface area contributed by atoms with Crippen LogP contribution in [-0.2, 0) is 6.54 Å². The van der Waals surface area contributed by atoms with Crippen LogP contribution in [-0.4, -0.2) is 30.3 Å².